The average molecular weight is 600 g/mol. The normalized spacial score (nSPS) is 11.2. The Morgan fingerprint density at radius 2 is 1.89 bits per heavy atom. The minimum Gasteiger partial charge on any atom is -0.461 e. The van der Waals surface area contributed by atoms with E-state index in [1.807, 2.05) is 26.1 Å². The van der Waals surface area contributed by atoms with Crippen molar-refractivity contribution in [2.75, 3.05) is 18.9 Å². The second-order valence-corrected chi connectivity index (χ2v) is 9.19. The molecule has 3 aromatic carbocycles. The van der Waals surface area contributed by atoms with Crippen LogP contribution in [0.15, 0.2) is 69.5 Å². The molecule has 0 saturated carbocycles. The van der Waals surface area contributed by atoms with Gasteiger partial charge in [-0.1, -0.05) is 23.7 Å². The number of benzene rings is 3. The van der Waals surface area contributed by atoms with Crippen LogP contribution >= 0.6 is 28.6 Å². The third-order valence-electron chi connectivity index (χ3n) is 6.14. The van der Waals surface area contributed by atoms with Crippen LogP contribution < -0.4 is 5.32 Å². The Morgan fingerprint density at radius 1 is 1.11 bits per heavy atom. The Morgan fingerprint density at radius 3 is 2.66 bits per heavy atom. The zero-order valence-electron chi connectivity index (χ0n) is 20.6. The number of non-ortho nitro benzene ring substituents is 1. The molecule has 1 amide bonds. The first kappa shape index (κ1) is 27.3. The number of hydrogen-bond acceptors (Lipinski definition) is 7. The Bertz CT molecular complexity index is 1650. The number of amides is 1. The zero-order valence-corrected chi connectivity index (χ0v) is 23.0. The lowest BCUT2D eigenvalue weighted by Crippen LogP contribution is -2.21. The standard InChI is InChI=1S/C27H23ClN4O5.BrH/c1-16-19(11-12-31(2)15-26-30-23-9-8-18(32(34)35)14-25(23)37-26)21-13-17(7-10-24(21)36-16)29-27(33)20-5-3-4-6-22(20)28;/h3-10,13-14H,11-12,15H2,1-2H3,(H,29,33);1H. The lowest BCUT2D eigenvalue weighted by molar-refractivity contribution is -0.384. The SMILES string of the molecule is Br.Cc1oc2ccc(NC(=O)c3ccccc3Cl)cc2c1CCN(C)Cc1nc2ccc([N+](=O)[O-])cc2o1. The summed E-state index contributed by atoms with van der Waals surface area (Å²) in [6.07, 6.45) is 0.697. The van der Waals surface area contributed by atoms with Gasteiger partial charge in [0.25, 0.3) is 11.6 Å². The number of oxazole rings is 1. The summed E-state index contributed by atoms with van der Waals surface area (Å²) in [6.45, 7) is 3.05. The third kappa shape index (κ3) is 5.72. The fourth-order valence-electron chi connectivity index (χ4n) is 4.26. The molecule has 0 radical (unpaired) electrons. The van der Waals surface area contributed by atoms with Gasteiger partial charge in [0.2, 0.25) is 5.89 Å². The third-order valence-corrected chi connectivity index (χ3v) is 6.47. The maximum Gasteiger partial charge on any atom is 0.273 e. The van der Waals surface area contributed by atoms with Gasteiger partial charge >= 0.3 is 0 Å². The van der Waals surface area contributed by atoms with E-state index in [0.29, 0.717) is 52.8 Å². The molecule has 0 bridgehead atoms. The second kappa shape index (κ2) is 11.3. The van der Waals surface area contributed by atoms with E-state index in [0.717, 1.165) is 22.3 Å². The second-order valence-electron chi connectivity index (χ2n) is 8.79. The summed E-state index contributed by atoms with van der Waals surface area (Å²) in [5.74, 6) is 1.01. The van der Waals surface area contributed by atoms with Gasteiger partial charge in [-0.15, -0.1) is 17.0 Å². The van der Waals surface area contributed by atoms with Gasteiger partial charge < -0.3 is 14.2 Å². The molecule has 2 aromatic heterocycles. The molecule has 5 rings (SSSR count). The van der Waals surface area contributed by atoms with Crippen LogP contribution in [0, 0.1) is 17.0 Å². The zero-order chi connectivity index (χ0) is 26.1. The van der Waals surface area contributed by atoms with Gasteiger partial charge in [0.15, 0.2) is 5.58 Å². The molecule has 0 atom stereocenters. The highest BCUT2D eigenvalue weighted by molar-refractivity contribution is 8.93. The summed E-state index contributed by atoms with van der Waals surface area (Å²) in [4.78, 5) is 29.7. The molecule has 0 aliphatic heterocycles. The van der Waals surface area contributed by atoms with Crippen molar-refractivity contribution in [1.82, 2.24) is 9.88 Å². The molecule has 2 heterocycles. The molecule has 9 nitrogen and oxygen atoms in total. The van der Waals surface area contributed by atoms with Crippen LogP contribution in [0.3, 0.4) is 0 Å². The Hall–Kier alpha value is -3.73. The monoisotopic (exact) mass is 598 g/mol. The number of nitrogens with zero attached hydrogens (tertiary/aromatic N) is 3. The van der Waals surface area contributed by atoms with E-state index in [4.69, 9.17) is 20.4 Å². The Labute approximate surface area is 233 Å². The summed E-state index contributed by atoms with van der Waals surface area (Å²) in [5.41, 5.74) is 3.78. The van der Waals surface area contributed by atoms with E-state index in [1.165, 1.54) is 12.1 Å². The van der Waals surface area contributed by atoms with Crippen molar-refractivity contribution in [3.8, 4) is 0 Å². The molecule has 196 valence electrons. The fraction of sp³-hybridized carbons (Fsp3) is 0.185. The molecule has 5 aromatic rings. The van der Waals surface area contributed by atoms with Crippen LogP contribution in [0.2, 0.25) is 5.02 Å². The number of aryl methyl sites for hydroxylation is 1. The maximum absolute atomic E-state index is 12.7. The van der Waals surface area contributed by atoms with Crippen LogP contribution in [0.25, 0.3) is 22.1 Å². The van der Waals surface area contributed by atoms with Crippen LogP contribution in [0.4, 0.5) is 11.4 Å². The first-order valence-electron chi connectivity index (χ1n) is 11.6. The summed E-state index contributed by atoms with van der Waals surface area (Å²) < 4.78 is 11.7. The molecule has 11 heteroatoms. The number of fused-ring (bicyclic) bond motifs is 2. The molecule has 0 aliphatic carbocycles. The number of hydrogen-bond donors (Lipinski definition) is 1. The predicted octanol–water partition coefficient (Wildman–Crippen LogP) is 6.95. The van der Waals surface area contributed by atoms with Gasteiger partial charge in [0, 0.05) is 29.2 Å². The number of likely N-dealkylation sites (N-methyl/N-ethyl adjacent to an activating group) is 1. The molecule has 0 aliphatic rings. The molecule has 1 N–H and O–H groups in total. The maximum atomic E-state index is 12.7. The van der Waals surface area contributed by atoms with Gasteiger partial charge in [-0.3, -0.25) is 19.8 Å². The first-order chi connectivity index (χ1) is 17.8. The number of carbonyl (C=O) groups is 1. The number of halogens is 2. The van der Waals surface area contributed by atoms with Crippen LogP contribution in [0.5, 0.6) is 0 Å². The summed E-state index contributed by atoms with van der Waals surface area (Å²) in [6, 6.07) is 16.8. The summed E-state index contributed by atoms with van der Waals surface area (Å²) in [5, 5.41) is 15.2. The van der Waals surface area contributed by atoms with Crippen LogP contribution in [0.1, 0.15) is 27.6 Å². The largest absolute Gasteiger partial charge is 0.461 e. The topological polar surface area (TPSA) is 115 Å². The van der Waals surface area contributed by atoms with Gasteiger partial charge in [-0.2, -0.15) is 0 Å². The van der Waals surface area contributed by atoms with E-state index in [1.54, 1.807) is 36.4 Å². The minimum atomic E-state index is -0.459. The van der Waals surface area contributed by atoms with Crippen molar-refractivity contribution < 1.29 is 18.6 Å². The smallest absolute Gasteiger partial charge is 0.273 e. The number of nitro groups is 1. The highest BCUT2D eigenvalue weighted by Crippen LogP contribution is 2.29. The van der Waals surface area contributed by atoms with Gasteiger partial charge in [-0.05, 0) is 56.8 Å². The van der Waals surface area contributed by atoms with E-state index >= 15 is 0 Å². The fourth-order valence-corrected chi connectivity index (χ4v) is 4.48. The average Bonchev–Trinajstić information content (AvgIpc) is 3.41. The summed E-state index contributed by atoms with van der Waals surface area (Å²) >= 11 is 6.16. The quantitative estimate of drug-likeness (QED) is 0.152. The van der Waals surface area contributed by atoms with E-state index in [2.05, 4.69) is 15.2 Å². The van der Waals surface area contributed by atoms with Gasteiger partial charge in [0.1, 0.15) is 16.9 Å². The minimum absolute atomic E-state index is 0. The van der Waals surface area contributed by atoms with E-state index in [9.17, 15) is 14.9 Å². The highest BCUT2D eigenvalue weighted by Gasteiger charge is 2.16. The van der Waals surface area contributed by atoms with Crippen molar-refractivity contribution in [2.24, 2.45) is 0 Å². The molecule has 0 saturated heterocycles. The molecule has 0 spiro atoms. The number of aromatic nitrogens is 1. The predicted molar refractivity (Wildman–Crippen MR) is 151 cm³/mol. The molecule has 0 unspecified atom stereocenters. The Balaban J connectivity index is 0.00000336. The summed E-state index contributed by atoms with van der Waals surface area (Å²) in [7, 11) is 1.95. The van der Waals surface area contributed by atoms with Crippen LogP contribution in [-0.2, 0) is 13.0 Å². The van der Waals surface area contributed by atoms with Crippen molar-refractivity contribution in [2.45, 2.75) is 19.9 Å². The highest BCUT2D eigenvalue weighted by atomic mass is 79.9. The Kier molecular flexibility index (Phi) is 8.15. The van der Waals surface area contributed by atoms with Gasteiger partial charge in [-0.25, -0.2) is 4.98 Å². The number of anilines is 1. The van der Waals surface area contributed by atoms with E-state index in [-0.39, 0.29) is 28.6 Å². The van der Waals surface area contributed by atoms with Crippen molar-refractivity contribution >= 4 is 67.9 Å². The lowest BCUT2D eigenvalue weighted by atomic mass is 10.1. The molecular formula is C27H24BrClN4O5. The van der Waals surface area contributed by atoms with Crippen molar-refractivity contribution in [3.05, 3.63) is 98.6 Å². The van der Waals surface area contributed by atoms with Crippen molar-refractivity contribution in [1.29, 1.82) is 0 Å². The molecule has 38 heavy (non-hydrogen) atoms. The van der Waals surface area contributed by atoms with Crippen LogP contribution in [-0.4, -0.2) is 34.3 Å². The number of furan rings is 1. The van der Waals surface area contributed by atoms with Gasteiger partial charge in [0.05, 0.1) is 28.1 Å². The van der Waals surface area contributed by atoms with Crippen molar-refractivity contribution in [3.63, 3.8) is 0 Å². The number of carbonyl (C=O) groups excluding carboxylic acids is 1. The number of rotatable bonds is 8. The molecule has 0 fully saturated rings. The van der Waals surface area contributed by atoms with E-state index < -0.39 is 4.92 Å². The lowest BCUT2D eigenvalue weighted by Gasteiger charge is -2.14. The first-order valence-corrected chi connectivity index (χ1v) is 12.0. The number of nitrogens with one attached hydrogen (secondary N) is 1. The molecular weight excluding hydrogens is 576 g/mol. The number of nitro benzene ring substituents is 1.